The number of imidazole rings is 1. The number of aliphatic hydroxyl groups excluding tert-OH is 1. The van der Waals surface area contributed by atoms with E-state index in [1.807, 2.05) is 45.0 Å². The van der Waals surface area contributed by atoms with Gasteiger partial charge < -0.3 is 19.3 Å². The zero-order valence-electron chi connectivity index (χ0n) is 15.2. The minimum Gasteiger partial charge on any atom is -0.444 e. The van der Waals surface area contributed by atoms with E-state index in [9.17, 15) is 9.90 Å². The van der Waals surface area contributed by atoms with Gasteiger partial charge in [-0.15, -0.1) is 0 Å². The van der Waals surface area contributed by atoms with Crippen LogP contribution in [0.5, 0.6) is 0 Å². The summed E-state index contributed by atoms with van der Waals surface area (Å²) in [5, 5.41) is 9.43. The van der Waals surface area contributed by atoms with Gasteiger partial charge in [0.15, 0.2) is 0 Å². The minimum absolute atomic E-state index is 0.0874. The van der Waals surface area contributed by atoms with Gasteiger partial charge in [0.1, 0.15) is 11.4 Å². The first-order chi connectivity index (χ1) is 11.9. The van der Waals surface area contributed by atoms with Gasteiger partial charge in [-0.1, -0.05) is 12.1 Å². The predicted octanol–water partition coefficient (Wildman–Crippen LogP) is 3.14. The van der Waals surface area contributed by atoms with Crippen LogP contribution >= 0.6 is 0 Å². The van der Waals surface area contributed by atoms with Crippen molar-refractivity contribution in [2.45, 2.75) is 51.7 Å². The molecule has 0 saturated carbocycles. The third-order valence-corrected chi connectivity index (χ3v) is 4.52. The molecule has 1 N–H and O–H groups in total. The molecule has 2 heterocycles. The Morgan fingerprint density at radius 1 is 1.28 bits per heavy atom. The number of likely N-dealkylation sites (tertiary alicyclic amines) is 1. The summed E-state index contributed by atoms with van der Waals surface area (Å²) in [6.45, 7) is 7.62. The van der Waals surface area contributed by atoms with Crippen molar-refractivity contribution >= 4 is 17.1 Å². The molecule has 0 atom stereocenters. The molecule has 0 radical (unpaired) electrons. The van der Waals surface area contributed by atoms with Gasteiger partial charge in [-0.05, 0) is 45.7 Å². The number of rotatable bonds is 3. The summed E-state index contributed by atoms with van der Waals surface area (Å²) in [5.74, 6) is 1.30. The van der Waals surface area contributed by atoms with Crippen molar-refractivity contribution in [3.8, 4) is 0 Å². The summed E-state index contributed by atoms with van der Waals surface area (Å²) in [5.41, 5.74) is 1.55. The van der Waals surface area contributed by atoms with E-state index in [1.54, 1.807) is 4.90 Å². The van der Waals surface area contributed by atoms with Crippen molar-refractivity contribution in [3.63, 3.8) is 0 Å². The summed E-state index contributed by atoms with van der Waals surface area (Å²) < 4.78 is 7.58. The van der Waals surface area contributed by atoms with Crippen LogP contribution in [0.25, 0.3) is 11.0 Å². The van der Waals surface area contributed by atoms with Gasteiger partial charge in [-0.3, -0.25) is 0 Å². The average molecular weight is 345 g/mol. The van der Waals surface area contributed by atoms with Gasteiger partial charge in [0.25, 0.3) is 0 Å². The van der Waals surface area contributed by atoms with Gasteiger partial charge in [-0.2, -0.15) is 0 Å². The zero-order chi connectivity index (χ0) is 18.0. The van der Waals surface area contributed by atoms with Crippen LogP contribution in [-0.2, 0) is 11.3 Å². The minimum atomic E-state index is -0.469. The highest BCUT2D eigenvalue weighted by Gasteiger charge is 2.29. The van der Waals surface area contributed by atoms with Crippen molar-refractivity contribution in [2.24, 2.45) is 0 Å². The standard InChI is InChI=1S/C19H27N3O3/c1-19(2,3)25-18(24)21-10-8-14(9-11-21)17-20-15-6-4-5-7-16(15)22(17)12-13-23/h4-7,14,23H,8-13H2,1-3H3. The summed E-state index contributed by atoms with van der Waals surface area (Å²) in [4.78, 5) is 18.8. The monoisotopic (exact) mass is 345 g/mol. The van der Waals surface area contributed by atoms with Crippen molar-refractivity contribution in [1.82, 2.24) is 14.5 Å². The first-order valence-electron chi connectivity index (χ1n) is 8.93. The Morgan fingerprint density at radius 3 is 2.60 bits per heavy atom. The summed E-state index contributed by atoms with van der Waals surface area (Å²) in [6, 6.07) is 8.01. The lowest BCUT2D eigenvalue weighted by Gasteiger charge is -2.33. The summed E-state index contributed by atoms with van der Waals surface area (Å²) >= 11 is 0. The molecule has 6 nitrogen and oxygen atoms in total. The Balaban J connectivity index is 1.74. The summed E-state index contributed by atoms with van der Waals surface area (Å²) in [6.07, 6.45) is 1.47. The fourth-order valence-corrected chi connectivity index (χ4v) is 3.39. The quantitative estimate of drug-likeness (QED) is 0.928. The number of aromatic nitrogens is 2. The lowest BCUT2D eigenvalue weighted by molar-refractivity contribution is 0.0202. The molecule has 0 aliphatic carbocycles. The van der Waals surface area contributed by atoms with Crippen molar-refractivity contribution in [2.75, 3.05) is 19.7 Å². The van der Waals surface area contributed by atoms with Crippen LogP contribution in [-0.4, -0.2) is 50.9 Å². The first kappa shape index (κ1) is 17.7. The highest BCUT2D eigenvalue weighted by Crippen LogP contribution is 2.30. The molecule has 2 aromatic rings. The van der Waals surface area contributed by atoms with Crippen LogP contribution in [0.1, 0.15) is 45.4 Å². The zero-order valence-corrected chi connectivity index (χ0v) is 15.2. The van der Waals surface area contributed by atoms with Crippen LogP contribution in [0.2, 0.25) is 0 Å². The molecular formula is C19H27N3O3. The van der Waals surface area contributed by atoms with Crippen LogP contribution in [0.3, 0.4) is 0 Å². The van der Waals surface area contributed by atoms with Crippen LogP contribution in [0.15, 0.2) is 24.3 Å². The molecule has 6 heteroatoms. The van der Waals surface area contributed by atoms with E-state index >= 15 is 0 Å². The highest BCUT2D eigenvalue weighted by atomic mass is 16.6. The normalized spacial score (nSPS) is 16.4. The molecule has 136 valence electrons. The number of ether oxygens (including phenoxy) is 1. The van der Waals surface area contributed by atoms with Gasteiger partial charge in [0.05, 0.1) is 17.6 Å². The third kappa shape index (κ3) is 3.95. The number of para-hydroxylation sites is 2. The predicted molar refractivity (Wildman–Crippen MR) is 96.6 cm³/mol. The maximum absolute atomic E-state index is 12.2. The van der Waals surface area contributed by atoms with Crippen molar-refractivity contribution in [1.29, 1.82) is 0 Å². The Bertz CT molecular complexity index is 740. The number of piperidine rings is 1. The molecule has 1 saturated heterocycles. The molecule has 25 heavy (non-hydrogen) atoms. The second kappa shape index (κ2) is 7.04. The molecule has 1 fully saturated rings. The number of amides is 1. The number of carbonyl (C=O) groups excluding carboxylic acids is 1. The Hall–Kier alpha value is -2.08. The number of fused-ring (bicyclic) bond motifs is 1. The molecule has 1 aliphatic rings. The van der Waals surface area contributed by atoms with E-state index in [4.69, 9.17) is 9.72 Å². The first-order valence-corrected chi connectivity index (χ1v) is 8.93. The molecule has 3 rings (SSSR count). The van der Waals surface area contributed by atoms with E-state index < -0.39 is 5.60 Å². The maximum Gasteiger partial charge on any atom is 0.410 e. The molecule has 0 bridgehead atoms. The molecular weight excluding hydrogens is 318 g/mol. The number of benzene rings is 1. The van der Waals surface area contributed by atoms with Gasteiger partial charge in [0.2, 0.25) is 0 Å². The Labute approximate surface area is 148 Å². The molecule has 1 aromatic carbocycles. The van der Waals surface area contributed by atoms with Gasteiger partial charge in [0, 0.05) is 25.6 Å². The SMILES string of the molecule is CC(C)(C)OC(=O)N1CCC(c2nc3ccccc3n2CCO)CC1. The largest absolute Gasteiger partial charge is 0.444 e. The number of hydrogen-bond acceptors (Lipinski definition) is 4. The van der Waals surface area contributed by atoms with Crippen LogP contribution < -0.4 is 0 Å². The number of carbonyl (C=O) groups is 1. The fourth-order valence-electron chi connectivity index (χ4n) is 3.39. The van der Waals surface area contributed by atoms with E-state index in [1.165, 1.54) is 0 Å². The second-order valence-electron chi connectivity index (χ2n) is 7.58. The van der Waals surface area contributed by atoms with E-state index in [0.29, 0.717) is 19.6 Å². The van der Waals surface area contributed by atoms with Crippen LogP contribution in [0.4, 0.5) is 4.79 Å². The number of nitrogens with zero attached hydrogens (tertiary/aromatic N) is 3. The van der Waals surface area contributed by atoms with E-state index in [2.05, 4.69) is 4.57 Å². The number of hydrogen-bond donors (Lipinski definition) is 1. The smallest absolute Gasteiger partial charge is 0.410 e. The molecule has 0 spiro atoms. The lowest BCUT2D eigenvalue weighted by Crippen LogP contribution is -2.41. The van der Waals surface area contributed by atoms with Gasteiger partial charge in [-0.25, -0.2) is 9.78 Å². The summed E-state index contributed by atoms with van der Waals surface area (Å²) in [7, 11) is 0. The third-order valence-electron chi connectivity index (χ3n) is 4.52. The Morgan fingerprint density at radius 2 is 1.96 bits per heavy atom. The van der Waals surface area contributed by atoms with E-state index in [0.717, 1.165) is 29.7 Å². The molecule has 0 unspecified atom stereocenters. The van der Waals surface area contributed by atoms with E-state index in [-0.39, 0.29) is 18.6 Å². The average Bonchev–Trinajstić information content (AvgIpc) is 2.93. The number of aliphatic hydroxyl groups is 1. The Kier molecular flexibility index (Phi) is 4.99. The molecule has 1 aromatic heterocycles. The fraction of sp³-hybridized carbons (Fsp3) is 0.579. The van der Waals surface area contributed by atoms with Gasteiger partial charge >= 0.3 is 6.09 Å². The lowest BCUT2D eigenvalue weighted by atomic mass is 9.96. The van der Waals surface area contributed by atoms with Crippen molar-refractivity contribution in [3.05, 3.63) is 30.1 Å². The molecule has 1 aliphatic heterocycles. The highest BCUT2D eigenvalue weighted by molar-refractivity contribution is 5.76. The molecule has 1 amide bonds. The topological polar surface area (TPSA) is 67.6 Å². The maximum atomic E-state index is 12.2. The van der Waals surface area contributed by atoms with Crippen LogP contribution in [0, 0.1) is 0 Å². The second-order valence-corrected chi connectivity index (χ2v) is 7.58. The van der Waals surface area contributed by atoms with Crippen molar-refractivity contribution < 1.29 is 14.6 Å².